The molecule has 2 heterocycles. The van der Waals surface area contributed by atoms with Crippen LogP contribution in [-0.2, 0) is 4.79 Å². The van der Waals surface area contributed by atoms with Crippen LogP contribution in [0.5, 0.6) is 0 Å². The van der Waals surface area contributed by atoms with Gasteiger partial charge in [0.1, 0.15) is 5.82 Å². The van der Waals surface area contributed by atoms with Gasteiger partial charge >= 0.3 is 5.97 Å². The fourth-order valence-electron chi connectivity index (χ4n) is 1.83. The SMILES string of the molecule is O=C(O)[C@@H]1CN2C(=N1)Sc1c2ccc(F)c1Cl. The molecule has 4 nitrogen and oxygen atoms in total. The highest BCUT2D eigenvalue weighted by molar-refractivity contribution is 8.15. The molecule has 88 valence electrons. The summed E-state index contributed by atoms with van der Waals surface area (Å²) < 4.78 is 13.3. The van der Waals surface area contributed by atoms with Gasteiger partial charge < -0.3 is 10.0 Å². The second-order valence-electron chi connectivity index (χ2n) is 3.69. The molecule has 2 aliphatic rings. The summed E-state index contributed by atoms with van der Waals surface area (Å²) in [6.45, 7) is 0.270. The summed E-state index contributed by atoms with van der Waals surface area (Å²) in [5.41, 5.74) is 0.726. The Morgan fingerprint density at radius 3 is 3.12 bits per heavy atom. The molecule has 1 aromatic rings. The molecular formula is C10H6ClFN2O2S. The van der Waals surface area contributed by atoms with E-state index in [4.69, 9.17) is 16.7 Å². The fraction of sp³-hybridized carbons (Fsp3) is 0.200. The second-order valence-corrected chi connectivity index (χ2v) is 5.04. The minimum atomic E-state index is -0.956. The van der Waals surface area contributed by atoms with Crippen molar-refractivity contribution in [2.45, 2.75) is 10.9 Å². The van der Waals surface area contributed by atoms with Gasteiger partial charge in [0.2, 0.25) is 0 Å². The summed E-state index contributed by atoms with van der Waals surface area (Å²) in [5, 5.41) is 9.52. The number of halogens is 2. The molecule has 1 atom stereocenters. The van der Waals surface area contributed by atoms with Crippen LogP contribution < -0.4 is 4.90 Å². The highest BCUT2D eigenvalue weighted by Gasteiger charge is 2.38. The van der Waals surface area contributed by atoms with E-state index in [0.29, 0.717) is 10.1 Å². The molecule has 3 rings (SSSR count). The van der Waals surface area contributed by atoms with E-state index in [1.807, 2.05) is 0 Å². The molecule has 0 fully saturated rings. The molecule has 0 unspecified atom stereocenters. The maximum Gasteiger partial charge on any atom is 0.330 e. The Bertz CT molecular complexity index is 563. The van der Waals surface area contributed by atoms with Gasteiger partial charge in [0.05, 0.1) is 22.2 Å². The zero-order chi connectivity index (χ0) is 12.2. The molecule has 17 heavy (non-hydrogen) atoms. The van der Waals surface area contributed by atoms with E-state index < -0.39 is 17.8 Å². The third-order valence-corrected chi connectivity index (χ3v) is 4.26. The van der Waals surface area contributed by atoms with Crippen LogP contribution in [-0.4, -0.2) is 28.8 Å². The first kappa shape index (κ1) is 10.9. The Hall–Kier alpha value is -1.27. The normalized spacial score (nSPS) is 21.2. The van der Waals surface area contributed by atoms with Crippen LogP contribution in [0.3, 0.4) is 0 Å². The molecule has 0 amide bonds. The Morgan fingerprint density at radius 1 is 1.65 bits per heavy atom. The van der Waals surface area contributed by atoms with E-state index in [2.05, 4.69) is 4.99 Å². The molecule has 0 radical (unpaired) electrons. The molecule has 0 bridgehead atoms. The summed E-state index contributed by atoms with van der Waals surface area (Å²) in [5.74, 6) is -1.43. The monoisotopic (exact) mass is 272 g/mol. The lowest BCUT2D eigenvalue weighted by atomic mass is 10.2. The number of rotatable bonds is 1. The molecule has 2 aliphatic heterocycles. The third-order valence-electron chi connectivity index (χ3n) is 2.65. The van der Waals surface area contributed by atoms with Crippen molar-refractivity contribution in [2.75, 3.05) is 11.4 Å². The number of aliphatic imine (C=N–C) groups is 1. The Morgan fingerprint density at radius 2 is 2.41 bits per heavy atom. The lowest BCUT2D eigenvalue weighted by molar-refractivity contribution is -0.137. The first-order valence-electron chi connectivity index (χ1n) is 4.82. The summed E-state index contributed by atoms with van der Waals surface area (Å²) in [6, 6.07) is 2.11. The number of aliphatic carboxylic acids is 1. The van der Waals surface area contributed by atoms with Crippen LogP contribution in [0.2, 0.25) is 5.02 Å². The largest absolute Gasteiger partial charge is 0.480 e. The molecule has 1 N–H and O–H groups in total. The Labute approximate surface area is 105 Å². The van der Waals surface area contributed by atoms with Crippen molar-refractivity contribution in [3.05, 3.63) is 23.0 Å². The van der Waals surface area contributed by atoms with E-state index in [1.54, 1.807) is 11.0 Å². The number of benzene rings is 1. The van der Waals surface area contributed by atoms with Gasteiger partial charge in [-0.25, -0.2) is 14.2 Å². The number of nitrogens with zero attached hydrogens (tertiary/aromatic N) is 2. The minimum absolute atomic E-state index is 0.0662. The first-order valence-corrected chi connectivity index (χ1v) is 6.01. The van der Waals surface area contributed by atoms with Crippen molar-refractivity contribution >= 4 is 40.2 Å². The van der Waals surface area contributed by atoms with Crippen molar-refractivity contribution in [1.29, 1.82) is 0 Å². The van der Waals surface area contributed by atoms with Gasteiger partial charge in [-0.05, 0) is 23.9 Å². The van der Waals surface area contributed by atoms with Gasteiger partial charge in [0.15, 0.2) is 11.2 Å². The van der Waals surface area contributed by atoms with Crippen LogP contribution in [0.15, 0.2) is 22.0 Å². The number of hydrogen-bond donors (Lipinski definition) is 1. The smallest absolute Gasteiger partial charge is 0.330 e. The zero-order valence-corrected chi connectivity index (χ0v) is 9.93. The van der Waals surface area contributed by atoms with E-state index in [0.717, 1.165) is 5.69 Å². The fourth-order valence-corrected chi connectivity index (χ4v) is 3.22. The number of hydrogen-bond acceptors (Lipinski definition) is 4. The lowest BCUT2D eigenvalue weighted by Gasteiger charge is -2.13. The standard InChI is InChI=1S/C10H6ClFN2O2S/c11-7-4(12)1-2-6-8(7)17-10-13-5(9(15)16)3-14(6)10/h1-2,5H,3H2,(H,15,16)/t5-/m0/s1. The van der Waals surface area contributed by atoms with Crippen molar-refractivity contribution in [3.63, 3.8) is 0 Å². The van der Waals surface area contributed by atoms with E-state index >= 15 is 0 Å². The molecule has 0 aliphatic carbocycles. The van der Waals surface area contributed by atoms with E-state index in [-0.39, 0.29) is 11.6 Å². The van der Waals surface area contributed by atoms with Crippen molar-refractivity contribution in [2.24, 2.45) is 4.99 Å². The van der Waals surface area contributed by atoms with Gasteiger partial charge in [0.25, 0.3) is 0 Å². The van der Waals surface area contributed by atoms with Crippen LogP contribution in [0.4, 0.5) is 10.1 Å². The lowest BCUT2D eigenvalue weighted by Crippen LogP contribution is -2.28. The summed E-state index contributed by atoms with van der Waals surface area (Å²) in [6.07, 6.45) is 0. The van der Waals surface area contributed by atoms with Gasteiger partial charge in [-0.2, -0.15) is 0 Å². The topological polar surface area (TPSA) is 52.9 Å². The van der Waals surface area contributed by atoms with Gasteiger partial charge in [0, 0.05) is 0 Å². The number of carboxylic acid groups (broad SMARTS) is 1. The van der Waals surface area contributed by atoms with Crippen molar-refractivity contribution in [3.8, 4) is 0 Å². The van der Waals surface area contributed by atoms with Crippen molar-refractivity contribution < 1.29 is 14.3 Å². The van der Waals surface area contributed by atoms with Gasteiger partial charge in [-0.1, -0.05) is 11.6 Å². The summed E-state index contributed by atoms with van der Waals surface area (Å²) >= 11 is 7.06. The molecule has 0 saturated carbocycles. The predicted molar refractivity (Wildman–Crippen MR) is 63.5 cm³/mol. The van der Waals surface area contributed by atoms with E-state index in [9.17, 15) is 9.18 Å². The molecule has 7 heteroatoms. The maximum atomic E-state index is 13.3. The molecule has 0 saturated heterocycles. The zero-order valence-electron chi connectivity index (χ0n) is 8.35. The first-order chi connectivity index (χ1) is 8.08. The van der Waals surface area contributed by atoms with Crippen LogP contribution in [0.1, 0.15) is 0 Å². The third kappa shape index (κ3) is 1.51. The molecular weight excluding hydrogens is 267 g/mol. The van der Waals surface area contributed by atoms with Crippen LogP contribution in [0, 0.1) is 5.82 Å². The van der Waals surface area contributed by atoms with Crippen LogP contribution >= 0.6 is 23.4 Å². The second kappa shape index (κ2) is 3.61. The number of carboxylic acids is 1. The summed E-state index contributed by atoms with van der Waals surface area (Å²) in [4.78, 5) is 17.3. The van der Waals surface area contributed by atoms with Gasteiger partial charge in [-0.3, -0.25) is 0 Å². The number of anilines is 1. The Kier molecular flexibility index (Phi) is 2.31. The minimum Gasteiger partial charge on any atom is -0.480 e. The number of amidine groups is 1. The average Bonchev–Trinajstić information content (AvgIpc) is 2.81. The number of carbonyl (C=O) groups is 1. The molecule has 0 spiro atoms. The Balaban J connectivity index is 2.03. The predicted octanol–water partition coefficient (Wildman–Crippen LogP) is 2.21. The van der Waals surface area contributed by atoms with Crippen LogP contribution in [0.25, 0.3) is 0 Å². The summed E-state index contributed by atoms with van der Waals surface area (Å²) in [7, 11) is 0. The highest BCUT2D eigenvalue weighted by atomic mass is 35.5. The highest BCUT2D eigenvalue weighted by Crippen LogP contribution is 2.47. The number of fused-ring (bicyclic) bond motifs is 3. The molecule has 0 aromatic heterocycles. The molecule has 1 aromatic carbocycles. The average molecular weight is 273 g/mol. The van der Waals surface area contributed by atoms with Gasteiger partial charge in [-0.15, -0.1) is 0 Å². The van der Waals surface area contributed by atoms with E-state index in [1.165, 1.54) is 17.8 Å². The number of thioether (sulfide) groups is 1. The quantitative estimate of drug-likeness (QED) is 0.852. The van der Waals surface area contributed by atoms with Crippen molar-refractivity contribution in [1.82, 2.24) is 0 Å². The maximum absolute atomic E-state index is 13.3.